The van der Waals surface area contributed by atoms with Crippen molar-refractivity contribution in [2.24, 2.45) is 0 Å². The fourth-order valence-corrected chi connectivity index (χ4v) is 3.29. The highest BCUT2D eigenvalue weighted by Gasteiger charge is 2.20. The van der Waals surface area contributed by atoms with Gasteiger partial charge in [-0.25, -0.2) is 4.98 Å². The summed E-state index contributed by atoms with van der Waals surface area (Å²) in [5.74, 6) is 1.98. The van der Waals surface area contributed by atoms with Gasteiger partial charge in [-0.1, -0.05) is 12.7 Å². The number of nitriles is 1. The third-order valence-electron chi connectivity index (χ3n) is 4.80. The van der Waals surface area contributed by atoms with E-state index in [0.717, 1.165) is 11.3 Å². The zero-order valence-corrected chi connectivity index (χ0v) is 17.2. The lowest BCUT2D eigenvalue weighted by molar-refractivity contribution is 0.122. The molecule has 3 aromatic heterocycles. The van der Waals surface area contributed by atoms with E-state index in [4.69, 9.17) is 15.0 Å². The number of rotatable bonds is 6. The molecule has 9 heteroatoms. The van der Waals surface area contributed by atoms with Gasteiger partial charge in [0, 0.05) is 54.6 Å². The zero-order valence-electron chi connectivity index (χ0n) is 17.2. The molecule has 31 heavy (non-hydrogen) atoms. The Morgan fingerprint density at radius 1 is 1.23 bits per heavy atom. The molecule has 9 nitrogen and oxygen atoms in total. The Hall–Kier alpha value is -4.03. The first kappa shape index (κ1) is 20.3. The molecule has 0 bridgehead atoms. The number of H-pyrrole nitrogens is 1. The number of hydrogen-bond donors (Lipinski definition) is 1. The van der Waals surface area contributed by atoms with Crippen LogP contribution in [0.5, 0.6) is 0 Å². The predicted molar refractivity (Wildman–Crippen MR) is 118 cm³/mol. The molecule has 0 amide bonds. The standard InChI is InChI=1S/C22H22N8O/c1-3-5-18-17(7-9-24-18)16(2)20-26-21(29-12-14-31-15-13-29)28-22(27-20)30-11-10-25-19(30)6-4-8-23/h3-7,9-11,24H,2,12-15H2,1H3/b5-3-,6-4+. The highest BCUT2D eigenvalue weighted by Crippen LogP contribution is 2.25. The van der Waals surface area contributed by atoms with Crippen LogP contribution in [0.3, 0.4) is 0 Å². The number of imidazole rings is 1. The molecule has 0 aromatic carbocycles. The third-order valence-corrected chi connectivity index (χ3v) is 4.80. The Morgan fingerprint density at radius 2 is 2.03 bits per heavy atom. The molecule has 0 spiro atoms. The molecule has 0 radical (unpaired) electrons. The minimum Gasteiger partial charge on any atom is -0.378 e. The quantitative estimate of drug-likeness (QED) is 0.618. The average Bonchev–Trinajstić information content (AvgIpc) is 3.47. The van der Waals surface area contributed by atoms with E-state index in [1.54, 1.807) is 23.0 Å². The maximum absolute atomic E-state index is 8.88. The maximum Gasteiger partial charge on any atom is 0.240 e. The van der Waals surface area contributed by atoms with Crippen LogP contribution in [0.1, 0.15) is 29.8 Å². The third kappa shape index (κ3) is 4.29. The summed E-state index contributed by atoms with van der Waals surface area (Å²) in [7, 11) is 0. The fourth-order valence-electron chi connectivity index (χ4n) is 3.29. The SMILES string of the molecule is C=C(c1nc(N2CCOCC2)nc(-n2ccnc2/C=C/C#N)n1)c1cc[nH]c1/C=C\C. The number of ether oxygens (including phenoxy) is 1. The van der Waals surface area contributed by atoms with Gasteiger partial charge < -0.3 is 14.6 Å². The van der Waals surface area contributed by atoms with Crippen molar-refractivity contribution in [3.05, 3.63) is 66.3 Å². The topological polar surface area (TPSA) is 109 Å². The molecule has 4 rings (SSSR count). The van der Waals surface area contributed by atoms with E-state index < -0.39 is 0 Å². The van der Waals surface area contributed by atoms with Gasteiger partial charge in [0.05, 0.1) is 19.3 Å². The predicted octanol–water partition coefficient (Wildman–Crippen LogP) is 2.85. The van der Waals surface area contributed by atoms with Crippen LogP contribution in [0.2, 0.25) is 0 Å². The van der Waals surface area contributed by atoms with Gasteiger partial charge in [-0.15, -0.1) is 0 Å². The molecule has 0 unspecified atom stereocenters. The number of allylic oxidation sites excluding steroid dienone is 2. The van der Waals surface area contributed by atoms with E-state index >= 15 is 0 Å². The Labute approximate surface area is 180 Å². The van der Waals surface area contributed by atoms with Crippen molar-refractivity contribution in [2.75, 3.05) is 31.2 Å². The van der Waals surface area contributed by atoms with Crippen molar-refractivity contribution in [2.45, 2.75) is 6.92 Å². The van der Waals surface area contributed by atoms with E-state index in [-0.39, 0.29) is 0 Å². The van der Waals surface area contributed by atoms with Crippen molar-refractivity contribution in [1.29, 1.82) is 5.26 Å². The molecule has 0 saturated carbocycles. The highest BCUT2D eigenvalue weighted by atomic mass is 16.5. The van der Waals surface area contributed by atoms with Crippen molar-refractivity contribution in [3.8, 4) is 12.0 Å². The molecule has 3 aromatic rings. The highest BCUT2D eigenvalue weighted by molar-refractivity contribution is 5.79. The zero-order chi connectivity index (χ0) is 21.6. The molecule has 4 heterocycles. The molecule has 1 fully saturated rings. The Kier molecular flexibility index (Phi) is 6.01. The van der Waals surface area contributed by atoms with Gasteiger partial charge in [0.2, 0.25) is 11.9 Å². The van der Waals surface area contributed by atoms with Crippen LogP contribution in [0.4, 0.5) is 5.95 Å². The largest absolute Gasteiger partial charge is 0.378 e. The van der Waals surface area contributed by atoms with Crippen LogP contribution in [-0.2, 0) is 4.74 Å². The van der Waals surface area contributed by atoms with Gasteiger partial charge in [-0.3, -0.25) is 4.57 Å². The molecule has 1 aliphatic heterocycles. The smallest absolute Gasteiger partial charge is 0.240 e. The Balaban J connectivity index is 1.81. The van der Waals surface area contributed by atoms with Crippen molar-refractivity contribution in [1.82, 2.24) is 29.5 Å². The van der Waals surface area contributed by atoms with Crippen LogP contribution in [0, 0.1) is 11.3 Å². The monoisotopic (exact) mass is 414 g/mol. The first-order valence-electron chi connectivity index (χ1n) is 9.89. The summed E-state index contributed by atoms with van der Waals surface area (Å²) in [5.41, 5.74) is 2.53. The lowest BCUT2D eigenvalue weighted by atomic mass is 10.1. The normalized spacial score (nSPS) is 14.4. The number of aromatic amines is 1. The minimum absolute atomic E-state index is 0.408. The average molecular weight is 414 g/mol. The lowest BCUT2D eigenvalue weighted by Gasteiger charge is -2.27. The maximum atomic E-state index is 8.88. The van der Waals surface area contributed by atoms with Crippen molar-refractivity contribution in [3.63, 3.8) is 0 Å². The van der Waals surface area contributed by atoms with Gasteiger partial charge in [0.15, 0.2) is 5.82 Å². The molecular weight excluding hydrogens is 392 g/mol. The molecule has 1 saturated heterocycles. The number of nitrogens with one attached hydrogen (secondary N) is 1. The molecule has 1 N–H and O–H groups in total. The van der Waals surface area contributed by atoms with Gasteiger partial charge in [0.25, 0.3) is 0 Å². The van der Waals surface area contributed by atoms with E-state index in [1.165, 1.54) is 6.08 Å². The second kappa shape index (κ2) is 9.19. The summed E-state index contributed by atoms with van der Waals surface area (Å²) in [5, 5.41) is 8.88. The fraction of sp³-hybridized carbons (Fsp3) is 0.227. The molecule has 1 aliphatic rings. The van der Waals surface area contributed by atoms with E-state index in [2.05, 4.69) is 31.4 Å². The summed E-state index contributed by atoms with van der Waals surface area (Å²) >= 11 is 0. The van der Waals surface area contributed by atoms with Crippen molar-refractivity contribution < 1.29 is 4.74 Å². The molecular formula is C22H22N8O. The van der Waals surface area contributed by atoms with Crippen LogP contribution in [-0.4, -0.2) is 55.8 Å². The molecule has 156 valence electrons. The summed E-state index contributed by atoms with van der Waals surface area (Å²) in [6.07, 6.45) is 12.2. The van der Waals surface area contributed by atoms with Gasteiger partial charge in [-0.05, 0) is 25.1 Å². The summed E-state index contributed by atoms with van der Waals surface area (Å²) in [4.78, 5) is 23.7. The lowest BCUT2D eigenvalue weighted by Crippen LogP contribution is -2.37. The van der Waals surface area contributed by atoms with E-state index in [0.29, 0.717) is 55.4 Å². The number of aromatic nitrogens is 6. The number of hydrogen-bond acceptors (Lipinski definition) is 7. The number of morpholine rings is 1. The van der Waals surface area contributed by atoms with Crippen LogP contribution in [0.15, 0.2) is 43.4 Å². The summed E-state index contributed by atoms with van der Waals surface area (Å²) < 4.78 is 7.19. The van der Waals surface area contributed by atoms with Crippen LogP contribution >= 0.6 is 0 Å². The van der Waals surface area contributed by atoms with Gasteiger partial charge in [0.1, 0.15) is 5.82 Å². The molecule has 0 atom stereocenters. The second-order valence-corrected chi connectivity index (χ2v) is 6.76. The molecule has 0 aliphatic carbocycles. The van der Waals surface area contributed by atoms with Crippen LogP contribution < -0.4 is 4.90 Å². The van der Waals surface area contributed by atoms with Gasteiger partial charge in [-0.2, -0.15) is 20.2 Å². The Bertz CT molecular complexity index is 1170. The van der Waals surface area contributed by atoms with E-state index in [9.17, 15) is 0 Å². The number of nitrogens with zero attached hydrogens (tertiary/aromatic N) is 7. The van der Waals surface area contributed by atoms with E-state index in [1.807, 2.05) is 37.4 Å². The summed E-state index contributed by atoms with van der Waals surface area (Å²) in [6, 6.07) is 3.93. The van der Waals surface area contributed by atoms with Crippen molar-refractivity contribution >= 4 is 23.7 Å². The van der Waals surface area contributed by atoms with Gasteiger partial charge >= 0.3 is 0 Å². The summed E-state index contributed by atoms with van der Waals surface area (Å²) in [6.45, 7) is 8.82. The van der Waals surface area contributed by atoms with Crippen LogP contribution in [0.25, 0.3) is 23.7 Å². The minimum atomic E-state index is 0.408. The Morgan fingerprint density at radius 3 is 2.81 bits per heavy atom. The first-order valence-corrected chi connectivity index (χ1v) is 9.89. The second-order valence-electron chi connectivity index (χ2n) is 6.76. The number of anilines is 1. The first-order chi connectivity index (χ1) is 15.2.